The monoisotopic (exact) mass is 375 g/mol. The zero-order valence-corrected chi connectivity index (χ0v) is 16.0. The van der Waals surface area contributed by atoms with Crippen LogP contribution >= 0.6 is 0 Å². The lowest BCUT2D eigenvalue weighted by atomic mass is 10.0. The van der Waals surface area contributed by atoms with Crippen molar-refractivity contribution in [2.45, 2.75) is 6.54 Å². The third-order valence-corrected chi connectivity index (χ3v) is 4.72. The van der Waals surface area contributed by atoms with Crippen molar-refractivity contribution < 1.29 is 14.2 Å². The lowest BCUT2D eigenvalue weighted by molar-refractivity contribution is 0.355. The predicted molar refractivity (Wildman–Crippen MR) is 110 cm³/mol. The van der Waals surface area contributed by atoms with Crippen LogP contribution in [0.2, 0.25) is 0 Å². The van der Waals surface area contributed by atoms with E-state index in [1.165, 1.54) is 0 Å². The van der Waals surface area contributed by atoms with Crippen molar-refractivity contribution in [2.24, 2.45) is 4.99 Å². The number of hydrogen-bond donors (Lipinski definition) is 0. The van der Waals surface area contributed by atoms with Gasteiger partial charge >= 0.3 is 0 Å². The second kappa shape index (κ2) is 7.60. The van der Waals surface area contributed by atoms with E-state index in [0.29, 0.717) is 23.9 Å². The van der Waals surface area contributed by atoms with Crippen LogP contribution in [0.4, 0.5) is 11.4 Å². The molecular weight excluding hydrogens is 354 g/mol. The first-order chi connectivity index (χ1) is 13.7. The fourth-order valence-corrected chi connectivity index (χ4v) is 3.29. The van der Waals surface area contributed by atoms with Crippen LogP contribution in [0.5, 0.6) is 17.4 Å². The molecule has 0 saturated heterocycles. The summed E-state index contributed by atoms with van der Waals surface area (Å²) in [7, 11) is 4.88. The maximum atomic E-state index is 5.44. The summed E-state index contributed by atoms with van der Waals surface area (Å²) in [6.45, 7) is 0.634. The third-order valence-electron chi connectivity index (χ3n) is 4.72. The molecule has 1 aromatic heterocycles. The molecule has 2 aromatic carbocycles. The van der Waals surface area contributed by atoms with Crippen molar-refractivity contribution >= 4 is 17.7 Å². The number of anilines is 2. The molecule has 0 N–H and O–H groups in total. The molecule has 0 saturated carbocycles. The summed E-state index contributed by atoms with van der Waals surface area (Å²) in [6, 6.07) is 16.1. The van der Waals surface area contributed by atoms with Crippen LogP contribution in [0.15, 0.2) is 59.7 Å². The summed E-state index contributed by atoms with van der Waals surface area (Å²) >= 11 is 0. The van der Waals surface area contributed by atoms with Crippen molar-refractivity contribution in [3.63, 3.8) is 0 Å². The van der Waals surface area contributed by atoms with E-state index in [1.807, 2.05) is 36.7 Å². The van der Waals surface area contributed by atoms with E-state index in [2.05, 4.69) is 33.1 Å². The number of pyridine rings is 1. The van der Waals surface area contributed by atoms with E-state index in [9.17, 15) is 0 Å². The minimum atomic E-state index is 0.597. The lowest BCUT2D eigenvalue weighted by Crippen LogP contribution is -2.19. The summed E-state index contributed by atoms with van der Waals surface area (Å²) in [5, 5.41) is 0. The fraction of sp³-hybridized carbons (Fsp3) is 0.182. The molecule has 1 aliphatic heterocycles. The first kappa shape index (κ1) is 17.9. The summed E-state index contributed by atoms with van der Waals surface area (Å²) < 4.78 is 16.0. The molecule has 0 spiro atoms. The topological polar surface area (TPSA) is 56.2 Å². The number of fused-ring (bicyclic) bond motifs is 1. The van der Waals surface area contributed by atoms with Gasteiger partial charge in [0, 0.05) is 18.3 Å². The Kier molecular flexibility index (Phi) is 4.85. The Hall–Kier alpha value is -3.54. The van der Waals surface area contributed by atoms with Gasteiger partial charge in [-0.25, -0.2) is 4.98 Å². The Balaban J connectivity index is 1.72. The number of hydrogen-bond acceptors (Lipinski definition) is 6. The Labute approximate surface area is 164 Å². The standard InChI is InChI=1S/C22H21N3O3/c1-26-20-7-5-18(12-21(20)27-2)25-14-23-13-17-10-15(4-6-19(17)25)16-8-9-24-22(11-16)28-3/h4-12,14H,13H2,1-3H3. The highest BCUT2D eigenvalue weighted by Gasteiger charge is 2.18. The van der Waals surface area contributed by atoms with Gasteiger partial charge in [-0.15, -0.1) is 0 Å². The maximum absolute atomic E-state index is 5.44. The smallest absolute Gasteiger partial charge is 0.213 e. The Morgan fingerprint density at radius 1 is 0.821 bits per heavy atom. The minimum Gasteiger partial charge on any atom is -0.493 e. The van der Waals surface area contributed by atoms with Crippen LogP contribution in [0, 0.1) is 0 Å². The first-order valence-electron chi connectivity index (χ1n) is 8.88. The molecule has 0 amide bonds. The molecule has 142 valence electrons. The number of nitrogens with zero attached hydrogens (tertiary/aromatic N) is 3. The summed E-state index contributed by atoms with van der Waals surface area (Å²) in [5.74, 6) is 1.98. The molecule has 2 heterocycles. The van der Waals surface area contributed by atoms with Gasteiger partial charge in [-0.1, -0.05) is 6.07 Å². The molecule has 0 aliphatic carbocycles. The van der Waals surface area contributed by atoms with Gasteiger partial charge in [-0.2, -0.15) is 0 Å². The minimum absolute atomic E-state index is 0.597. The van der Waals surface area contributed by atoms with Gasteiger partial charge in [0.1, 0.15) is 0 Å². The van der Waals surface area contributed by atoms with Crippen LogP contribution < -0.4 is 19.1 Å². The summed E-state index contributed by atoms with van der Waals surface area (Å²) in [4.78, 5) is 10.8. The van der Waals surface area contributed by atoms with Crippen LogP contribution in [-0.2, 0) is 6.54 Å². The summed E-state index contributed by atoms with van der Waals surface area (Å²) in [6.07, 6.45) is 3.60. The predicted octanol–water partition coefficient (Wildman–Crippen LogP) is 4.45. The average Bonchev–Trinajstić information content (AvgIpc) is 2.77. The van der Waals surface area contributed by atoms with E-state index in [0.717, 1.165) is 28.1 Å². The van der Waals surface area contributed by atoms with Crippen molar-refractivity contribution in [3.05, 3.63) is 60.3 Å². The van der Waals surface area contributed by atoms with Crippen LogP contribution in [0.1, 0.15) is 5.56 Å². The number of aliphatic imine (C=N–C) groups is 1. The molecule has 0 bridgehead atoms. The molecule has 4 rings (SSSR count). The molecule has 6 heteroatoms. The van der Waals surface area contributed by atoms with Crippen LogP contribution in [-0.4, -0.2) is 32.7 Å². The number of rotatable bonds is 5. The number of benzene rings is 2. The molecule has 6 nitrogen and oxygen atoms in total. The highest BCUT2D eigenvalue weighted by molar-refractivity contribution is 5.93. The molecule has 1 aliphatic rings. The van der Waals surface area contributed by atoms with Crippen molar-refractivity contribution in [1.82, 2.24) is 4.98 Å². The third kappa shape index (κ3) is 3.24. The second-order valence-corrected chi connectivity index (χ2v) is 6.30. The maximum Gasteiger partial charge on any atom is 0.213 e. The Morgan fingerprint density at radius 3 is 2.43 bits per heavy atom. The number of aromatic nitrogens is 1. The molecule has 3 aromatic rings. The largest absolute Gasteiger partial charge is 0.493 e. The van der Waals surface area contributed by atoms with E-state index in [1.54, 1.807) is 27.5 Å². The van der Waals surface area contributed by atoms with Crippen molar-refractivity contribution in [1.29, 1.82) is 0 Å². The van der Waals surface area contributed by atoms with Gasteiger partial charge in [-0.3, -0.25) is 4.99 Å². The second-order valence-electron chi connectivity index (χ2n) is 6.30. The zero-order valence-electron chi connectivity index (χ0n) is 16.0. The van der Waals surface area contributed by atoms with Gasteiger partial charge in [0.2, 0.25) is 5.88 Å². The SMILES string of the molecule is COc1cc(-c2ccc3c(c2)CN=CN3c2ccc(OC)c(OC)c2)ccn1. The number of ether oxygens (including phenoxy) is 3. The normalized spacial score (nSPS) is 12.5. The van der Waals surface area contributed by atoms with E-state index < -0.39 is 0 Å². The average molecular weight is 375 g/mol. The van der Waals surface area contributed by atoms with E-state index in [-0.39, 0.29) is 0 Å². The van der Waals surface area contributed by atoms with Crippen LogP contribution in [0.3, 0.4) is 0 Å². The van der Waals surface area contributed by atoms with Gasteiger partial charge in [0.05, 0.1) is 45.6 Å². The Morgan fingerprint density at radius 2 is 1.64 bits per heavy atom. The molecule has 28 heavy (non-hydrogen) atoms. The molecule has 0 fully saturated rings. The van der Waals surface area contributed by atoms with Gasteiger partial charge in [0.25, 0.3) is 0 Å². The molecule has 0 atom stereocenters. The number of methoxy groups -OCH3 is 3. The highest BCUT2D eigenvalue weighted by atomic mass is 16.5. The first-order valence-corrected chi connectivity index (χ1v) is 8.88. The molecule has 0 unspecified atom stereocenters. The zero-order chi connectivity index (χ0) is 19.5. The van der Waals surface area contributed by atoms with Gasteiger partial charge in [-0.05, 0) is 47.0 Å². The lowest BCUT2D eigenvalue weighted by Gasteiger charge is -2.27. The quantitative estimate of drug-likeness (QED) is 0.659. The van der Waals surface area contributed by atoms with Crippen molar-refractivity contribution in [2.75, 3.05) is 26.2 Å². The molecular formula is C22H21N3O3. The molecule has 0 radical (unpaired) electrons. The van der Waals surface area contributed by atoms with Crippen molar-refractivity contribution in [3.8, 4) is 28.5 Å². The summed E-state index contributed by atoms with van der Waals surface area (Å²) in [5.41, 5.74) is 5.35. The Bertz CT molecular complexity index is 1030. The highest BCUT2D eigenvalue weighted by Crippen LogP contribution is 2.38. The van der Waals surface area contributed by atoms with Gasteiger partial charge < -0.3 is 19.1 Å². The van der Waals surface area contributed by atoms with E-state index >= 15 is 0 Å². The van der Waals surface area contributed by atoms with E-state index in [4.69, 9.17) is 14.2 Å². The fourth-order valence-electron chi connectivity index (χ4n) is 3.29. The van der Waals surface area contributed by atoms with Gasteiger partial charge in [0.15, 0.2) is 11.5 Å². The van der Waals surface area contributed by atoms with Crippen LogP contribution in [0.25, 0.3) is 11.1 Å².